The van der Waals surface area contributed by atoms with E-state index in [0.717, 1.165) is 76.5 Å². The maximum Gasteiger partial charge on any atom is 0.293 e. The SMILES string of the molecule is CC(C)c1ccccc1[C@@H]1COCCN1C1CC2(CCN(c3ccc(C(=O)NS(=O)(=O)c4ccc(NCC5CCC(C)(O)CC5)c([N+](=O)[O-])c4)c(N4C[C@@H]5OCCOC[C@H]5Oc5nc6[nH]cc(F)c6cc54)c3)CC2)C1. The van der Waals surface area contributed by atoms with E-state index in [0.29, 0.717) is 55.9 Å². The second-order valence-corrected chi connectivity index (χ2v) is 23.8. The van der Waals surface area contributed by atoms with Crippen LogP contribution in [0.25, 0.3) is 11.0 Å². The van der Waals surface area contributed by atoms with Crippen LogP contribution in [-0.4, -0.2) is 129 Å². The summed E-state index contributed by atoms with van der Waals surface area (Å²) in [4.78, 5) is 40.3. The Morgan fingerprint density at radius 2 is 1.73 bits per heavy atom. The van der Waals surface area contributed by atoms with Crippen LogP contribution in [0.5, 0.6) is 5.88 Å². The van der Waals surface area contributed by atoms with Crippen molar-refractivity contribution >= 4 is 55.4 Å². The van der Waals surface area contributed by atoms with Gasteiger partial charge in [-0.05, 0) is 123 Å². The quantitative estimate of drug-likeness (QED) is 0.0683. The third-order valence-corrected chi connectivity index (χ3v) is 18.2. The summed E-state index contributed by atoms with van der Waals surface area (Å²) in [6.45, 7) is 11.4. The van der Waals surface area contributed by atoms with Crippen molar-refractivity contribution in [2.45, 2.75) is 113 Å². The molecule has 2 aliphatic carbocycles. The van der Waals surface area contributed by atoms with E-state index in [9.17, 15) is 28.4 Å². The zero-order chi connectivity index (χ0) is 52.2. The molecule has 3 saturated heterocycles. The molecular weight excluding hydrogens is 984 g/mol. The lowest BCUT2D eigenvalue weighted by Gasteiger charge is -2.57. The molecule has 3 atom stereocenters. The minimum Gasteiger partial charge on any atom is -0.467 e. The number of aromatic nitrogens is 2. The molecule has 0 unspecified atom stereocenters. The number of H-pyrrole nitrogens is 1. The predicted octanol–water partition coefficient (Wildman–Crippen LogP) is 8.34. The second-order valence-electron chi connectivity index (χ2n) is 22.2. The van der Waals surface area contributed by atoms with Gasteiger partial charge in [0.1, 0.15) is 28.9 Å². The zero-order valence-electron chi connectivity index (χ0n) is 42.8. The van der Waals surface area contributed by atoms with Crippen LogP contribution in [-0.2, 0) is 24.2 Å². The van der Waals surface area contributed by atoms with Crippen LogP contribution in [0.4, 0.5) is 32.8 Å². The molecule has 6 aliphatic rings. The standard InChI is InChI=1S/C55H67FN8O10S/c1-34(2)39-6-4-5-7-40(39)48-32-71-21-20-62(48)37-27-55(28-37)16-18-61(19-17-55)36-8-10-41(45(24-36)63-31-49-50(33-72-22-23-73-49)74-53-47(63)26-42-43(56)30-58-51(42)59-53)52(65)60-75(69,70)38-9-11-44(46(25-38)64(67)68)57-29-35-12-14-54(3,66)15-13-35/h4-11,24-26,30,34-35,37,48-50,57,66H,12-23,27-29,31-33H2,1-3H3,(H,58,59)(H,60,65)/t35?,48-,49-,50+,54?/m0/s1. The summed E-state index contributed by atoms with van der Waals surface area (Å²) >= 11 is 0. The van der Waals surface area contributed by atoms with Crippen LogP contribution >= 0.6 is 0 Å². The van der Waals surface area contributed by atoms with Gasteiger partial charge < -0.3 is 44.2 Å². The number of carbonyl (C=O) groups is 1. The topological polar surface area (TPSA) is 214 Å². The van der Waals surface area contributed by atoms with E-state index >= 15 is 4.39 Å². The number of ether oxygens (including phenoxy) is 4. The van der Waals surface area contributed by atoms with Gasteiger partial charge in [-0.25, -0.2) is 17.5 Å². The lowest BCUT2D eigenvalue weighted by Crippen LogP contribution is -2.58. The summed E-state index contributed by atoms with van der Waals surface area (Å²) in [5, 5.41) is 26.1. The van der Waals surface area contributed by atoms with Crippen molar-refractivity contribution < 1.29 is 46.6 Å². The molecule has 4 N–H and O–H groups in total. The van der Waals surface area contributed by atoms with E-state index in [-0.39, 0.29) is 65.3 Å². The Bertz CT molecular complexity index is 3050. The molecule has 1 spiro atoms. The first kappa shape index (κ1) is 51.2. The Balaban J connectivity index is 0.880. The number of anilines is 4. The zero-order valence-corrected chi connectivity index (χ0v) is 43.6. The van der Waals surface area contributed by atoms with E-state index in [2.05, 4.69) is 62.9 Å². The first-order chi connectivity index (χ1) is 36.0. The number of nitrogens with zero attached hydrogens (tertiary/aromatic N) is 5. The van der Waals surface area contributed by atoms with Gasteiger partial charge in [0.15, 0.2) is 6.10 Å². The first-order valence-corrected chi connectivity index (χ1v) is 28.0. The third-order valence-electron chi connectivity index (χ3n) is 16.9. The number of nitro benzene ring substituents is 1. The number of piperidine rings is 1. The normalized spacial score (nSPS) is 25.4. The molecule has 1 amide bonds. The number of hydrogen-bond donors (Lipinski definition) is 4. The first-order valence-electron chi connectivity index (χ1n) is 26.5. The van der Waals surface area contributed by atoms with Gasteiger partial charge in [-0.2, -0.15) is 4.98 Å². The molecule has 400 valence electrons. The number of sulfonamides is 1. The van der Waals surface area contributed by atoms with E-state index in [1.807, 2.05) is 12.1 Å². The van der Waals surface area contributed by atoms with Crippen molar-refractivity contribution in [1.82, 2.24) is 19.6 Å². The third kappa shape index (κ3) is 10.4. The summed E-state index contributed by atoms with van der Waals surface area (Å²) < 4.78 is 70.8. The molecule has 5 fully saturated rings. The van der Waals surface area contributed by atoms with Gasteiger partial charge in [0.25, 0.3) is 21.6 Å². The molecule has 18 nitrogen and oxygen atoms in total. The highest BCUT2D eigenvalue weighted by atomic mass is 32.2. The maximum atomic E-state index is 15.4. The van der Waals surface area contributed by atoms with Gasteiger partial charge in [-0.1, -0.05) is 38.1 Å². The fourth-order valence-electron chi connectivity index (χ4n) is 12.5. The number of pyridine rings is 1. The van der Waals surface area contributed by atoms with Gasteiger partial charge in [0, 0.05) is 50.2 Å². The smallest absolute Gasteiger partial charge is 0.293 e. The van der Waals surface area contributed by atoms with Crippen LogP contribution < -0.4 is 24.6 Å². The number of aliphatic hydroxyl groups is 1. The Morgan fingerprint density at radius 1 is 0.960 bits per heavy atom. The van der Waals surface area contributed by atoms with Crippen molar-refractivity contribution in [3.05, 3.63) is 106 Å². The Hall–Kier alpha value is -5.90. The van der Waals surface area contributed by atoms with E-state index in [1.54, 1.807) is 24.0 Å². The minimum absolute atomic E-state index is 0.0279. The van der Waals surface area contributed by atoms with Gasteiger partial charge in [-0.3, -0.25) is 19.8 Å². The Labute approximate surface area is 436 Å². The highest BCUT2D eigenvalue weighted by Crippen LogP contribution is 2.54. The van der Waals surface area contributed by atoms with Gasteiger partial charge in [0.05, 0.1) is 77.7 Å². The van der Waals surface area contributed by atoms with E-state index < -0.39 is 55.1 Å². The molecule has 20 heteroatoms. The average molecular weight is 1050 g/mol. The predicted molar refractivity (Wildman–Crippen MR) is 281 cm³/mol. The van der Waals surface area contributed by atoms with Crippen molar-refractivity contribution in [1.29, 1.82) is 0 Å². The molecule has 6 heterocycles. The molecule has 11 rings (SSSR count). The largest absolute Gasteiger partial charge is 0.467 e. The lowest BCUT2D eigenvalue weighted by molar-refractivity contribution is -0.384. The van der Waals surface area contributed by atoms with Crippen molar-refractivity contribution in [2.24, 2.45) is 11.3 Å². The number of benzene rings is 3. The number of nitro groups is 1. The monoisotopic (exact) mass is 1050 g/mol. The number of halogens is 1. The summed E-state index contributed by atoms with van der Waals surface area (Å²) in [6, 6.07) is 19.8. The van der Waals surface area contributed by atoms with Gasteiger partial charge in [-0.15, -0.1) is 0 Å². The second kappa shape index (κ2) is 20.6. The number of morpholine rings is 1. The number of carbonyl (C=O) groups excluding carboxylic acids is 1. The van der Waals surface area contributed by atoms with Crippen LogP contribution in [0.1, 0.15) is 106 Å². The van der Waals surface area contributed by atoms with Crippen molar-refractivity contribution in [2.75, 3.05) is 80.9 Å². The molecule has 4 aliphatic heterocycles. The van der Waals surface area contributed by atoms with Gasteiger partial charge in [0.2, 0.25) is 5.88 Å². The molecule has 0 radical (unpaired) electrons. The molecule has 2 aromatic heterocycles. The number of rotatable bonds is 12. The molecular formula is C55H67FN8O10S. The maximum absolute atomic E-state index is 15.4. The Kier molecular flexibility index (Phi) is 14.0. The van der Waals surface area contributed by atoms with Crippen LogP contribution in [0.3, 0.4) is 0 Å². The molecule has 2 saturated carbocycles. The molecule has 0 bridgehead atoms. The summed E-state index contributed by atoms with van der Waals surface area (Å²) in [7, 11) is -4.70. The number of fused-ring (bicyclic) bond motifs is 3. The summed E-state index contributed by atoms with van der Waals surface area (Å²) in [5.41, 5.74) is 3.52. The number of nitrogens with one attached hydrogen (secondary N) is 3. The average Bonchev–Trinajstić information content (AvgIpc) is 3.54. The minimum atomic E-state index is -4.70. The number of hydrogen-bond acceptors (Lipinski definition) is 15. The number of amides is 1. The van der Waals surface area contributed by atoms with E-state index in [1.165, 1.54) is 29.5 Å². The summed E-state index contributed by atoms with van der Waals surface area (Å²) in [6.07, 6.45) is 6.80. The molecule has 5 aromatic rings. The lowest BCUT2D eigenvalue weighted by atomic mass is 9.59. The van der Waals surface area contributed by atoms with E-state index in [4.69, 9.17) is 23.9 Å². The van der Waals surface area contributed by atoms with Crippen molar-refractivity contribution in [3.63, 3.8) is 0 Å². The molecule has 75 heavy (non-hydrogen) atoms. The van der Waals surface area contributed by atoms with Gasteiger partial charge >= 0.3 is 0 Å². The van der Waals surface area contributed by atoms with Crippen LogP contribution in [0.15, 0.2) is 77.8 Å². The van der Waals surface area contributed by atoms with Crippen LogP contribution in [0, 0.1) is 27.3 Å². The fourth-order valence-corrected chi connectivity index (χ4v) is 13.4. The fraction of sp³-hybridized carbons (Fsp3) is 0.527. The van der Waals surface area contributed by atoms with Crippen molar-refractivity contribution in [3.8, 4) is 5.88 Å². The summed E-state index contributed by atoms with van der Waals surface area (Å²) in [5.74, 6) is -0.812. The number of aromatic amines is 1. The van der Waals surface area contributed by atoms with Crippen LogP contribution in [0.2, 0.25) is 0 Å². The highest BCUT2D eigenvalue weighted by Gasteiger charge is 2.50. The highest BCUT2D eigenvalue weighted by molar-refractivity contribution is 7.90. The Morgan fingerprint density at radius 3 is 2.51 bits per heavy atom. The molecule has 3 aromatic carbocycles.